The molecule has 1 amide bonds. The summed E-state index contributed by atoms with van der Waals surface area (Å²) in [5.74, 6) is 0.108. The Bertz CT molecular complexity index is 857. The van der Waals surface area contributed by atoms with Crippen molar-refractivity contribution in [3.63, 3.8) is 0 Å². The fourth-order valence-corrected chi connectivity index (χ4v) is 2.36. The summed E-state index contributed by atoms with van der Waals surface area (Å²) in [7, 11) is 0. The Morgan fingerprint density at radius 2 is 1.80 bits per heavy atom. The summed E-state index contributed by atoms with van der Waals surface area (Å²) >= 11 is 6.09. The average Bonchev–Trinajstić information content (AvgIpc) is 2.66. The van der Waals surface area contributed by atoms with Crippen LogP contribution in [0.4, 0.5) is 5.95 Å². The predicted molar refractivity (Wildman–Crippen MR) is 96.2 cm³/mol. The highest BCUT2D eigenvalue weighted by atomic mass is 35.5. The Balaban J connectivity index is 1.60. The highest BCUT2D eigenvalue weighted by Gasteiger charge is 2.09. The molecule has 0 aliphatic rings. The lowest BCUT2D eigenvalue weighted by Gasteiger charge is -2.08. The van der Waals surface area contributed by atoms with Gasteiger partial charge >= 0.3 is 0 Å². The maximum absolute atomic E-state index is 12.3. The normalized spacial score (nSPS) is 10.3. The largest absolute Gasteiger partial charge is 0.350 e. The molecule has 25 heavy (non-hydrogen) atoms. The number of nitrogens with one attached hydrogen (secondary N) is 2. The molecular weight excluding hydrogens is 338 g/mol. The molecule has 2 aromatic heterocycles. The number of benzene rings is 1. The van der Waals surface area contributed by atoms with E-state index in [9.17, 15) is 4.79 Å². The number of hydrogen-bond acceptors (Lipinski definition) is 5. The summed E-state index contributed by atoms with van der Waals surface area (Å²) in [4.78, 5) is 24.6. The quantitative estimate of drug-likeness (QED) is 0.712. The summed E-state index contributed by atoms with van der Waals surface area (Å²) in [6, 6.07) is 12.7. The number of hydrogen-bond donors (Lipinski definition) is 2. The van der Waals surface area contributed by atoms with Gasteiger partial charge in [0.1, 0.15) is 5.69 Å². The molecule has 126 valence electrons. The molecular formula is C18H16ClN5O. The van der Waals surface area contributed by atoms with Crippen LogP contribution in [0.3, 0.4) is 0 Å². The Morgan fingerprint density at radius 1 is 1.00 bits per heavy atom. The standard InChI is InChI=1S/C18H16ClN5O/c19-15-4-2-1-3-14(15)12-22-17(25)16-7-10-21-18(24-16)23-11-13-5-8-20-9-6-13/h1-10H,11-12H2,(H,22,25)(H,21,23,24). The first-order chi connectivity index (χ1) is 12.2. The molecule has 0 saturated carbocycles. The van der Waals surface area contributed by atoms with E-state index in [1.165, 1.54) is 0 Å². The van der Waals surface area contributed by atoms with E-state index < -0.39 is 0 Å². The molecule has 6 nitrogen and oxygen atoms in total. The number of nitrogens with zero attached hydrogens (tertiary/aromatic N) is 3. The lowest BCUT2D eigenvalue weighted by molar-refractivity contribution is 0.0946. The van der Waals surface area contributed by atoms with Gasteiger partial charge in [-0.05, 0) is 35.4 Å². The molecule has 0 spiro atoms. The van der Waals surface area contributed by atoms with Crippen LogP contribution in [0.2, 0.25) is 5.02 Å². The number of aromatic nitrogens is 3. The van der Waals surface area contributed by atoms with Gasteiger partial charge in [-0.3, -0.25) is 9.78 Å². The molecule has 0 fully saturated rings. The SMILES string of the molecule is O=C(NCc1ccccc1Cl)c1ccnc(NCc2ccncc2)n1. The Kier molecular flexibility index (Phi) is 5.53. The summed E-state index contributed by atoms with van der Waals surface area (Å²) in [5, 5.41) is 6.51. The maximum atomic E-state index is 12.3. The third-order valence-corrected chi connectivity index (χ3v) is 3.85. The van der Waals surface area contributed by atoms with Gasteiger partial charge in [0.15, 0.2) is 0 Å². The number of carbonyl (C=O) groups excluding carboxylic acids is 1. The van der Waals surface area contributed by atoms with Gasteiger partial charge in [-0.25, -0.2) is 9.97 Å². The molecule has 0 atom stereocenters. The van der Waals surface area contributed by atoms with Crippen molar-refractivity contribution < 1.29 is 4.79 Å². The first-order valence-corrected chi connectivity index (χ1v) is 8.07. The van der Waals surface area contributed by atoms with E-state index in [0.717, 1.165) is 11.1 Å². The summed E-state index contributed by atoms with van der Waals surface area (Å²) in [6.45, 7) is 0.884. The van der Waals surface area contributed by atoms with E-state index in [4.69, 9.17) is 11.6 Å². The van der Waals surface area contributed by atoms with E-state index in [1.54, 1.807) is 30.7 Å². The molecule has 7 heteroatoms. The van der Waals surface area contributed by atoms with Gasteiger partial charge in [-0.2, -0.15) is 0 Å². The van der Waals surface area contributed by atoms with Crippen LogP contribution >= 0.6 is 11.6 Å². The molecule has 0 aliphatic carbocycles. The molecule has 3 aromatic rings. The molecule has 3 rings (SSSR count). The van der Waals surface area contributed by atoms with E-state index in [2.05, 4.69) is 25.6 Å². The van der Waals surface area contributed by atoms with Crippen LogP contribution in [-0.2, 0) is 13.1 Å². The predicted octanol–water partition coefficient (Wildman–Crippen LogP) is 3.07. The van der Waals surface area contributed by atoms with Crippen molar-refractivity contribution in [3.8, 4) is 0 Å². The van der Waals surface area contributed by atoms with E-state index >= 15 is 0 Å². The van der Waals surface area contributed by atoms with Crippen molar-refractivity contribution in [1.82, 2.24) is 20.3 Å². The molecule has 0 saturated heterocycles. The van der Waals surface area contributed by atoms with Crippen molar-refractivity contribution in [2.75, 3.05) is 5.32 Å². The second kappa shape index (κ2) is 8.21. The van der Waals surface area contributed by atoms with Gasteiger partial charge < -0.3 is 10.6 Å². The van der Waals surface area contributed by atoms with Crippen molar-refractivity contribution in [3.05, 3.63) is 82.9 Å². The van der Waals surface area contributed by atoms with Crippen LogP contribution in [0.5, 0.6) is 0 Å². The second-order valence-corrected chi connectivity index (χ2v) is 5.66. The molecule has 2 heterocycles. The van der Waals surface area contributed by atoms with Crippen LogP contribution in [-0.4, -0.2) is 20.9 Å². The molecule has 0 radical (unpaired) electrons. The topological polar surface area (TPSA) is 79.8 Å². The van der Waals surface area contributed by atoms with E-state index in [1.807, 2.05) is 30.3 Å². The first-order valence-electron chi connectivity index (χ1n) is 7.70. The van der Waals surface area contributed by atoms with E-state index in [0.29, 0.717) is 29.8 Å². The van der Waals surface area contributed by atoms with Crippen LogP contribution in [0.15, 0.2) is 61.1 Å². The highest BCUT2D eigenvalue weighted by molar-refractivity contribution is 6.31. The van der Waals surface area contributed by atoms with Gasteiger partial charge in [0, 0.05) is 36.7 Å². The Labute approximate surface area is 150 Å². The Morgan fingerprint density at radius 3 is 2.60 bits per heavy atom. The zero-order chi connectivity index (χ0) is 17.5. The molecule has 0 bridgehead atoms. The van der Waals surface area contributed by atoms with Crippen LogP contribution in [0.1, 0.15) is 21.6 Å². The fraction of sp³-hybridized carbons (Fsp3) is 0.111. The first kappa shape index (κ1) is 16.9. The van der Waals surface area contributed by atoms with Crippen molar-refractivity contribution in [2.24, 2.45) is 0 Å². The van der Waals surface area contributed by atoms with Crippen LogP contribution in [0, 0.1) is 0 Å². The number of halogens is 1. The zero-order valence-corrected chi connectivity index (χ0v) is 14.1. The number of rotatable bonds is 6. The second-order valence-electron chi connectivity index (χ2n) is 5.25. The zero-order valence-electron chi connectivity index (χ0n) is 13.3. The third-order valence-electron chi connectivity index (χ3n) is 3.49. The van der Waals surface area contributed by atoms with E-state index in [-0.39, 0.29) is 5.91 Å². The lowest BCUT2D eigenvalue weighted by atomic mass is 10.2. The summed E-state index contributed by atoms with van der Waals surface area (Å²) in [5.41, 5.74) is 2.19. The number of anilines is 1. The summed E-state index contributed by atoms with van der Waals surface area (Å²) < 4.78 is 0. The van der Waals surface area contributed by atoms with Gasteiger partial charge in [0.05, 0.1) is 0 Å². The maximum Gasteiger partial charge on any atom is 0.270 e. The molecule has 0 aliphatic heterocycles. The van der Waals surface area contributed by atoms with Crippen molar-refractivity contribution in [2.45, 2.75) is 13.1 Å². The minimum Gasteiger partial charge on any atom is -0.350 e. The van der Waals surface area contributed by atoms with Gasteiger partial charge in [-0.15, -0.1) is 0 Å². The third kappa shape index (κ3) is 4.74. The molecule has 1 aromatic carbocycles. The molecule has 0 unspecified atom stereocenters. The minimum atomic E-state index is -0.283. The number of carbonyl (C=O) groups is 1. The van der Waals surface area contributed by atoms with Crippen LogP contribution < -0.4 is 10.6 Å². The fourth-order valence-electron chi connectivity index (χ4n) is 2.16. The number of amides is 1. The van der Waals surface area contributed by atoms with Crippen molar-refractivity contribution in [1.29, 1.82) is 0 Å². The van der Waals surface area contributed by atoms with Gasteiger partial charge in [0.25, 0.3) is 5.91 Å². The van der Waals surface area contributed by atoms with Gasteiger partial charge in [-0.1, -0.05) is 29.8 Å². The average molecular weight is 354 g/mol. The van der Waals surface area contributed by atoms with Gasteiger partial charge in [0.2, 0.25) is 5.95 Å². The minimum absolute atomic E-state index is 0.283. The smallest absolute Gasteiger partial charge is 0.270 e. The highest BCUT2D eigenvalue weighted by Crippen LogP contribution is 2.14. The lowest BCUT2D eigenvalue weighted by Crippen LogP contribution is -2.24. The Hall–Kier alpha value is -2.99. The molecule has 2 N–H and O–H groups in total. The van der Waals surface area contributed by atoms with Crippen LogP contribution in [0.25, 0.3) is 0 Å². The summed E-state index contributed by atoms with van der Waals surface area (Å²) in [6.07, 6.45) is 4.99. The van der Waals surface area contributed by atoms with Crippen molar-refractivity contribution >= 4 is 23.5 Å². The monoisotopic (exact) mass is 353 g/mol. The number of pyridine rings is 1.